The molecule has 2 amide bonds. The SMILES string of the molecule is CC(C)NC(=O)C(Cc1ccc(O)cc1)OC(N)=O. The average molecular weight is 266 g/mol. The molecule has 6 nitrogen and oxygen atoms in total. The lowest BCUT2D eigenvalue weighted by atomic mass is 10.1. The second-order valence-corrected chi connectivity index (χ2v) is 4.46. The van der Waals surface area contributed by atoms with Gasteiger partial charge < -0.3 is 20.9 Å². The normalized spacial score (nSPS) is 11.9. The molecule has 19 heavy (non-hydrogen) atoms. The first-order valence-electron chi connectivity index (χ1n) is 5.93. The first kappa shape index (κ1) is 14.8. The van der Waals surface area contributed by atoms with E-state index in [-0.39, 0.29) is 18.2 Å². The van der Waals surface area contributed by atoms with E-state index in [1.165, 1.54) is 12.1 Å². The van der Waals surface area contributed by atoms with Crippen LogP contribution >= 0.6 is 0 Å². The van der Waals surface area contributed by atoms with Crippen LogP contribution in [0.4, 0.5) is 4.79 Å². The summed E-state index contributed by atoms with van der Waals surface area (Å²) in [5.74, 6) is -0.273. The molecule has 1 aromatic carbocycles. The largest absolute Gasteiger partial charge is 0.508 e. The van der Waals surface area contributed by atoms with Crippen molar-refractivity contribution in [2.24, 2.45) is 5.73 Å². The number of nitrogens with two attached hydrogens (primary N) is 1. The lowest BCUT2D eigenvalue weighted by molar-refractivity contribution is -0.129. The molecule has 1 atom stereocenters. The zero-order valence-electron chi connectivity index (χ0n) is 10.9. The highest BCUT2D eigenvalue weighted by Gasteiger charge is 2.22. The van der Waals surface area contributed by atoms with E-state index >= 15 is 0 Å². The summed E-state index contributed by atoms with van der Waals surface area (Å²) in [7, 11) is 0. The fourth-order valence-corrected chi connectivity index (χ4v) is 1.55. The number of aromatic hydroxyl groups is 1. The van der Waals surface area contributed by atoms with Gasteiger partial charge in [0.25, 0.3) is 5.91 Å². The molecule has 1 rings (SSSR count). The van der Waals surface area contributed by atoms with Crippen molar-refractivity contribution in [3.63, 3.8) is 0 Å². The lowest BCUT2D eigenvalue weighted by Gasteiger charge is -2.18. The molecule has 0 saturated heterocycles. The molecule has 0 saturated carbocycles. The summed E-state index contributed by atoms with van der Waals surface area (Å²) in [4.78, 5) is 22.7. The van der Waals surface area contributed by atoms with Crippen LogP contribution in [0.25, 0.3) is 0 Å². The minimum Gasteiger partial charge on any atom is -0.508 e. The molecule has 1 aromatic rings. The Bertz CT molecular complexity index is 442. The van der Waals surface area contributed by atoms with Gasteiger partial charge in [0.05, 0.1) is 0 Å². The number of nitrogens with one attached hydrogen (secondary N) is 1. The molecule has 104 valence electrons. The maximum absolute atomic E-state index is 11.9. The fraction of sp³-hybridized carbons (Fsp3) is 0.385. The van der Waals surface area contributed by atoms with Gasteiger partial charge in [-0.15, -0.1) is 0 Å². The first-order chi connectivity index (χ1) is 8.88. The number of hydrogen-bond acceptors (Lipinski definition) is 4. The quantitative estimate of drug-likeness (QED) is 0.737. The van der Waals surface area contributed by atoms with Gasteiger partial charge in [-0.05, 0) is 31.5 Å². The van der Waals surface area contributed by atoms with Crippen molar-refractivity contribution in [1.29, 1.82) is 0 Å². The molecule has 0 aliphatic heterocycles. The van der Waals surface area contributed by atoms with Crippen molar-refractivity contribution in [3.05, 3.63) is 29.8 Å². The highest BCUT2D eigenvalue weighted by Crippen LogP contribution is 2.12. The minimum absolute atomic E-state index is 0.0636. The molecule has 0 spiro atoms. The average Bonchev–Trinajstić information content (AvgIpc) is 2.29. The summed E-state index contributed by atoms with van der Waals surface area (Å²) in [5.41, 5.74) is 5.71. The molecule has 0 bridgehead atoms. The van der Waals surface area contributed by atoms with E-state index in [1.807, 2.05) is 0 Å². The van der Waals surface area contributed by atoms with Gasteiger partial charge in [-0.2, -0.15) is 0 Å². The van der Waals surface area contributed by atoms with Crippen molar-refractivity contribution in [1.82, 2.24) is 5.32 Å². The Morgan fingerprint density at radius 3 is 2.37 bits per heavy atom. The molecule has 0 radical (unpaired) electrons. The predicted molar refractivity (Wildman–Crippen MR) is 69.5 cm³/mol. The summed E-state index contributed by atoms with van der Waals surface area (Å²) in [5, 5.41) is 11.8. The number of ether oxygens (including phenoxy) is 1. The number of benzene rings is 1. The standard InChI is InChI=1S/C13H18N2O4/c1-8(2)15-12(17)11(19-13(14)18)7-9-3-5-10(16)6-4-9/h3-6,8,11,16H,7H2,1-2H3,(H2,14,18)(H,15,17). The van der Waals surface area contributed by atoms with Crippen molar-refractivity contribution in [2.45, 2.75) is 32.4 Å². The molecule has 0 aliphatic rings. The monoisotopic (exact) mass is 266 g/mol. The third kappa shape index (κ3) is 5.29. The Hall–Kier alpha value is -2.24. The van der Waals surface area contributed by atoms with Crippen molar-refractivity contribution < 1.29 is 19.4 Å². The van der Waals surface area contributed by atoms with Crippen molar-refractivity contribution >= 4 is 12.0 Å². The molecule has 0 aromatic heterocycles. The minimum atomic E-state index is -0.998. The zero-order chi connectivity index (χ0) is 14.4. The number of primary amides is 1. The van der Waals surface area contributed by atoms with Gasteiger partial charge in [0, 0.05) is 12.5 Å². The van der Waals surface area contributed by atoms with Crippen LogP contribution in [0, 0.1) is 0 Å². The van der Waals surface area contributed by atoms with Crippen LogP contribution in [-0.4, -0.2) is 29.3 Å². The van der Waals surface area contributed by atoms with E-state index < -0.39 is 18.1 Å². The van der Waals surface area contributed by atoms with E-state index in [0.29, 0.717) is 0 Å². The Balaban J connectivity index is 2.76. The molecule has 6 heteroatoms. The highest BCUT2D eigenvalue weighted by atomic mass is 16.6. The molecular weight excluding hydrogens is 248 g/mol. The molecular formula is C13H18N2O4. The van der Waals surface area contributed by atoms with Gasteiger partial charge in [-0.1, -0.05) is 12.1 Å². The van der Waals surface area contributed by atoms with Gasteiger partial charge in [-0.3, -0.25) is 4.79 Å². The Labute approximate surface area is 111 Å². The van der Waals surface area contributed by atoms with Crippen molar-refractivity contribution in [2.75, 3.05) is 0 Å². The van der Waals surface area contributed by atoms with E-state index in [4.69, 9.17) is 10.5 Å². The van der Waals surface area contributed by atoms with Gasteiger partial charge >= 0.3 is 6.09 Å². The number of carbonyl (C=O) groups excluding carboxylic acids is 2. The number of carbonyl (C=O) groups is 2. The van der Waals surface area contributed by atoms with E-state index in [2.05, 4.69) is 5.32 Å². The van der Waals surface area contributed by atoms with Crippen LogP contribution in [0.3, 0.4) is 0 Å². The second-order valence-electron chi connectivity index (χ2n) is 4.46. The van der Waals surface area contributed by atoms with Gasteiger partial charge in [0.15, 0.2) is 6.10 Å². The van der Waals surface area contributed by atoms with Crippen LogP contribution in [0.5, 0.6) is 5.75 Å². The van der Waals surface area contributed by atoms with Crippen LogP contribution in [0.1, 0.15) is 19.4 Å². The van der Waals surface area contributed by atoms with Crippen LogP contribution < -0.4 is 11.1 Å². The second kappa shape index (κ2) is 6.63. The third-order valence-corrected chi connectivity index (χ3v) is 2.34. The number of hydrogen-bond donors (Lipinski definition) is 3. The van der Waals surface area contributed by atoms with Gasteiger partial charge in [0.2, 0.25) is 0 Å². The summed E-state index contributed by atoms with van der Waals surface area (Å²) in [6, 6.07) is 6.23. The molecule has 4 N–H and O–H groups in total. The fourth-order valence-electron chi connectivity index (χ4n) is 1.55. The topological polar surface area (TPSA) is 102 Å². The van der Waals surface area contributed by atoms with Gasteiger partial charge in [0.1, 0.15) is 5.75 Å². The zero-order valence-corrected chi connectivity index (χ0v) is 10.9. The summed E-state index contributed by atoms with van der Waals surface area (Å²) in [6.45, 7) is 3.61. The van der Waals surface area contributed by atoms with Gasteiger partial charge in [-0.25, -0.2) is 4.79 Å². The van der Waals surface area contributed by atoms with E-state index in [0.717, 1.165) is 5.56 Å². The number of phenols is 1. The molecule has 0 heterocycles. The maximum Gasteiger partial charge on any atom is 0.405 e. The summed E-state index contributed by atoms with van der Waals surface area (Å²) >= 11 is 0. The smallest absolute Gasteiger partial charge is 0.405 e. The summed E-state index contributed by atoms with van der Waals surface area (Å²) < 4.78 is 4.81. The Morgan fingerprint density at radius 1 is 1.32 bits per heavy atom. The molecule has 0 fully saturated rings. The summed E-state index contributed by atoms with van der Waals surface area (Å²) in [6.07, 6.45) is -1.78. The molecule has 1 unspecified atom stereocenters. The van der Waals surface area contributed by atoms with Crippen LogP contribution in [0.2, 0.25) is 0 Å². The Kier molecular flexibility index (Phi) is 5.17. The van der Waals surface area contributed by atoms with E-state index in [9.17, 15) is 14.7 Å². The highest BCUT2D eigenvalue weighted by molar-refractivity contribution is 5.83. The third-order valence-electron chi connectivity index (χ3n) is 2.34. The molecule has 0 aliphatic carbocycles. The number of amides is 2. The van der Waals surface area contributed by atoms with Crippen molar-refractivity contribution in [3.8, 4) is 5.75 Å². The lowest BCUT2D eigenvalue weighted by Crippen LogP contribution is -2.43. The number of phenolic OH excluding ortho intramolecular Hbond substituents is 1. The number of rotatable bonds is 5. The predicted octanol–water partition coefficient (Wildman–Crippen LogP) is 0.923. The first-order valence-corrected chi connectivity index (χ1v) is 5.93. The maximum atomic E-state index is 11.9. The Morgan fingerprint density at radius 2 is 1.89 bits per heavy atom. The van der Waals surface area contributed by atoms with Crippen LogP contribution in [0.15, 0.2) is 24.3 Å². The van der Waals surface area contributed by atoms with Crippen LogP contribution in [-0.2, 0) is 16.0 Å². The van der Waals surface area contributed by atoms with E-state index in [1.54, 1.807) is 26.0 Å².